The minimum Gasteiger partial charge on any atom is -0.497 e. The molecule has 0 aromatic heterocycles. The van der Waals surface area contributed by atoms with Crippen molar-refractivity contribution in [3.05, 3.63) is 88.4 Å². The standard InChI is InChI=1S/C24H23ClN2O4S/c1-16-12-19-7-6-17(15-26-32(29,30)22-5-3-4-20(25)14-22)13-23(19)27(16)24(28)18-8-10-21(31-2)11-9-18/h3-11,13-14,16,26H,12,15H2,1-2H3/t16-/m1/s1. The number of amides is 1. The molecule has 1 N–H and O–H groups in total. The zero-order valence-corrected chi connectivity index (χ0v) is 19.3. The third-order valence-corrected chi connectivity index (χ3v) is 7.13. The fourth-order valence-corrected chi connectivity index (χ4v) is 5.16. The number of halogens is 1. The van der Waals surface area contributed by atoms with Crippen LogP contribution in [0.2, 0.25) is 5.02 Å². The highest BCUT2D eigenvalue weighted by Crippen LogP contribution is 2.34. The second-order valence-electron chi connectivity index (χ2n) is 7.70. The van der Waals surface area contributed by atoms with Crippen LogP contribution in [0.1, 0.15) is 28.4 Å². The lowest BCUT2D eigenvalue weighted by atomic mass is 10.1. The van der Waals surface area contributed by atoms with Crippen LogP contribution in [-0.2, 0) is 23.0 Å². The number of rotatable bonds is 6. The van der Waals surface area contributed by atoms with Gasteiger partial charge in [-0.1, -0.05) is 29.8 Å². The molecular weight excluding hydrogens is 448 g/mol. The fourth-order valence-electron chi connectivity index (χ4n) is 3.84. The van der Waals surface area contributed by atoms with Crippen molar-refractivity contribution in [2.24, 2.45) is 0 Å². The van der Waals surface area contributed by atoms with Gasteiger partial charge in [0.2, 0.25) is 10.0 Å². The molecule has 0 saturated heterocycles. The van der Waals surface area contributed by atoms with E-state index < -0.39 is 10.0 Å². The Hall–Kier alpha value is -2.87. The molecule has 1 aliphatic heterocycles. The molecule has 0 saturated carbocycles. The molecule has 6 nitrogen and oxygen atoms in total. The summed E-state index contributed by atoms with van der Waals surface area (Å²) in [6, 6.07) is 18.8. The van der Waals surface area contributed by atoms with Crippen molar-refractivity contribution in [1.82, 2.24) is 4.72 Å². The number of nitrogens with zero attached hydrogens (tertiary/aromatic N) is 1. The van der Waals surface area contributed by atoms with Gasteiger partial charge >= 0.3 is 0 Å². The summed E-state index contributed by atoms with van der Waals surface area (Å²) in [5, 5.41) is 0.354. The Labute approximate surface area is 192 Å². The number of anilines is 1. The number of fused-ring (bicyclic) bond motifs is 1. The van der Waals surface area contributed by atoms with Crippen LogP contribution in [0.5, 0.6) is 5.75 Å². The molecule has 0 unspecified atom stereocenters. The van der Waals surface area contributed by atoms with E-state index in [4.69, 9.17) is 16.3 Å². The normalized spacial score (nSPS) is 15.5. The number of sulfonamides is 1. The van der Waals surface area contributed by atoms with E-state index in [9.17, 15) is 13.2 Å². The van der Waals surface area contributed by atoms with Crippen LogP contribution in [-0.4, -0.2) is 27.5 Å². The molecule has 3 aromatic rings. The fraction of sp³-hybridized carbons (Fsp3) is 0.208. The molecule has 32 heavy (non-hydrogen) atoms. The largest absolute Gasteiger partial charge is 0.497 e. The van der Waals surface area contributed by atoms with E-state index >= 15 is 0 Å². The number of carbonyl (C=O) groups excluding carboxylic acids is 1. The van der Waals surface area contributed by atoms with Gasteiger partial charge < -0.3 is 9.64 Å². The maximum Gasteiger partial charge on any atom is 0.258 e. The van der Waals surface area contributed by atoms with Gasteiger partial charge in [-0.05, 0) is 73.0 Å². The Kier molecular flexibility index (Phi) is 6.24. The molecule has 0 aliphatic carbocycles. The van der Waals surface area contributed by atoms with Crippen LogP contribution >= 0.6 is 11.6 Å². The lowest BCUT2D eigenvalue weighted by Crippen LogP contribution is -2.35. The molecule has 0 fully saturated rings. The van der Waals surface area contributed by atoms with Crippen molar-refractivity contribution >= 4 is 33.2 Å². The summed E-state index contributed by atoms with van der Waals surface area (Å²) in [7, 11) is -2.13. The van der Waals surface area contributed by atoms with E-state index in [-0.39, 0.29) is 23.4 Å². The summed E-state index contributed by atoms with van der Waals surface area (Å²) in [4.78, 5) is 15.1. The highest BCUT2D eigenvalue weighted by Gasteiger charge is 2.31. The maximum atomic E-state index is 13.2. The van der Waals surface area contributed by atoms with Crippen LogP contribution in [0.15, 0.2) is 71.6 Å². The first-order chi connectivity index (χ1) is 15.3. The second kappa shape index (κ2) is 8.94. The molecule has 0 bridgehead atoms. The summed E-state index contributed by atoms with van der Waals surface area (Å²) >= 11 is 5.92. The van der Waals surface area contributed by atoms with Gasteiger partial charge in [-0.3, -0.25) is 4.79 Å². The Morgan fingerprint density at radius 1 is 1.12 bits per heavy atom. The number of methoxy groups -OCH3 is 1. The Morgan fingerprint density at radius 3 is 2.56 bits per heavy atom. The third-order valence-electron chi connectivity index (χ3n) is 5.49. The summed E-state index contributed by atoms with van der Waals surface area (Å²) in [6.45, 7) is 2.10. The first-order valence-corrected chi connectivity index (χ1v) is 12.0. The van der Waals surface area contributed by atoms with Gasteiger partial charge in [0.05, 0.1) is 12.0 Å². The van der Waals surface area contributed by atoms with Crippen LogP contribution in [0.3, 0.4) is 0 Å². The molecule has 166 valence electrons. The summed E-state index contributed by atoms with van der Waals surface area (Å²) in [5.41, 5.74) is 3.19. The SMILES string of the molecule is COc1ccc(C(=O)N2c3cc(CNS(=O)(=O)c4cccc(Cl)c4)ccc3C[C@H]2C)cc1. The first-order valence-electron chi connectivity index (χ1n) is 10.1. The number of hydrogen-bond donors (Lipinski definition) is 1. The number of ether oxygens (including phenoxy) is 1. The monoisotopic (exact) mass is 470 g/mol. The minimum atomic E-state index is -3.71. The number of benzene rings is 3. The molecule has 1 amide bonds. The first kappa shape index (κ1) is 22.3. The predicted molar refractivity (Wildman–Crippen MR) is 125 cm³/mol. The highest BCUT2D eigenvalue weighted by atomic mass is 35.5. The van der Waals surface area contributed by atoms with Crippen molar-refractivity contribution in [3.8, 4) is 5.75 Å². The van der Waals surface area contributed by atoms with Gasteiger partial charge in [0.15, 0.2) is 0 Å². The van der Waals surface area contributed by atoms with Crippen LogP contribution in [0.25, 0.3) is 0 Å². The molecule has 1 aliphatic rings. The Morgan fingerprint density at radius 2 is 1.88 bits per heavy atom. The molecule has 1 atom stereocenters. The van der Waals surface area contributed by atoms with E-state index in [2.05, 4.69) is 4.72 Å². The quantitative estimate of drug-likeness (QED) is 0.578. The van der Waals surface area contributed by atoms with E-state index in [1.54, 1.807) is 48.4 Å². The molecule has 0 spiro atoms. The molecule has 4 rings (SSSR count). The molecule has 1 heterocycles. The Bertz CT molecular complexity index is 1260. The van der Waals surface area contributed by atoms with Crippen LogP contribution in [0, 0.1) is 0 Å². The van der Waals surface area contributed by atoms with E-state index in [1.165, 1.54) is 12.1 Å². The maximum absolute atomic E-state index is 13.2. The zero-order valence-electron chi connectivity index (χ0n) is 17.7. The smallest absolute Gasteiger partial charge is 0.258 e. The van der Waals surface area contributed by atoms with Crippen molar-refractivity contribution < 1.29 is 17.9 Å². The molecule has 8 heteroatoms. The van der Waals surface area contributed by atoms with Crippen molar-refractivity contribution in [3.63, 3.8) is 0 Å². The summed E-state index contributed by atoms with van der Waals surface area (Å²) < 4.78 is 33.0. The molecule has 0 radical (unpaired) electrons. The average Bonchev–Trinajstić information content (AvgIpc) is 3.12. The second-order valence-corrected chi connectivity index (χ2v) is 9.91. The van der Waals surface area contributed by atoms with E-state index in [1.807, 2.05) is 25.1 Å². The summed E-state index contributed by atoms with van der Waals surface area (Å²) in [6.07, 6.45) is 0.742. The van der Waals surface area contributed by atoms with Gasteiger partial charge in [0, 0.05) is 28.9 Å². The summed E-state index contributed by atoms with van der Waals surface area (Å²) in [5.74, 6) is 0.584. The van der Waals surface area contributed by atoms with Gasteiger partial charge in [0.1, 0.15) is 5.75 Å². The third kappa shape index (κ3) is 4.50. The number of nitrogens with one attached hydrogen (secondary N) is 1. The number of hydrogen-bond acceptors (Lipinski definition) is 4. The topological polar surface area (TPSA) is 75.7 Å². The molecular formula is C24H23ClN2O4S. The predicted octanol–water partition coefficient (Wildman–Crippen LogP) is 4.42. The van der Waals surface area contributed by atoms with Gasteiger partial charge in [0.25, 0.3) is 5.91 Å². The average molecular weight is 471 g/mol. The highest BCUT2D eigenvalue weighted by molar-refractivity contribution is 7.89. The van der Waals surface area contributed by atoms with Gasteiger partial charge in [-0.2, -0.15) is 0 Å². The lowest BCUT2D eigenvalue weighted by Gasteiger charge is -2.23. The van der Waals surface area contributed by atoms with Crippen molar-refractivity contribution in [2.45, 2.75) is 30.8 Å². The van der Waals surface area contributed by atoms with Gasteiger partial charge in [-0.15, -0.1) is 0 Å². The van der Waals surface area contributed by atoms with E-state index in [0.29, 0.717) is 16.3 Å². The minimum absolute atomic E-state index is 0.00185. The lowest BCUT2D eigenvalue weighted by molar-refractivity contribution is 0.0981. The van der Waals surface area contributed by atoms with E-state index in [0.717, 1.165) is 23.2 Å². The van der Waals surface area contributed by atoms with Gasteiger partial charge in [-0.25, -0.2) is 13.1 Å². The van der Waals surface area contributed by atoms with Crippen LogP contribution in [0.4, 0.5) is 5.69 Å². The van der Waals surface area contributed by atoms with Crippen LogP contribution < -0.4 is 14.4 Å². The Balaban J connectivity index is 1.56. The van der Waals surface area contributed by atoms with Crippen molar-refractivity contribution in [1.29, 1.82) is 0 Å². The van der Waals surface area contributed by atoms with Crippen molar-refractivity contribution in [2.75, 3.05) is 12.0 Å². The number of carbonyl (C=O) groups is 1. The zero-order chi connectivity index (χ0) is 22.9. The molecule has 3 aromatic carbocycles.